The van der Waals surface area contributed by atoms with Gasteiger partial charge >= 0.3 is 0 Å². The average Bonchev–Trinajstić information content (AvgIpc) is 3.01. The average molecular weight is 252 g/mol. The summed E-state index contributed by atoms with van der Waals surface area (Å²) in [5, 5.41) is 13.6. The third kappa shape index (κ3) is 2.45. The summed E-state index contributed by atoms with van der Waals surface area (Å²) >= 11 is 0. The van der Waals surface area contributed by atoms with Crippen molar-refractivity contribution in [1.82, 2.24) is 10.2 Å². The topological polar surface area (TPSA) is 35.5 Å². The lowest BCUT2D eigenvalue weighted by Crippen LogP contribution is -2.39. The number of hydrogen-bond donors (Lipinski definition) is 2. The minimum absolute atomic E-state index is 0.00635. The van der Waals surface area contributed by atoms with Crippen molar-refractivity contribution in [2.75, 3.05) is 26.2 Å². The molecule has 3 heteroatoms. The molecule has 0 amide bonds. The Balaban J connectivity index is 1.52. The highest BCUT2D eigenvalue weighted by molar-refractivity contribution is 4.95. The summed E-state index contributed by atoms with van der Waals surface area (Å²) in [5.74, 6) is 2.23. The Bertz CT molecular complexity index is 284. The third-order valence-corrected chi connectivity index (χ3v) is 5.51. The van der Waals surface area contributed by atoms with Crippen molar-refractivity contribution in [2.24, 2.45) is 17.8 Å². The second-order valence-corrected chi connectivity index (χ2v) is 6.64. The van der Waals surface area contributed by atoms with E-state index in [1.165, 1.54) is 38.8 Å². The molecule has 0 spiro atoms. The first-order chi connectivity index (χ1) is 8.78. The number of rotatable bonds is 4. The molecule has 3 nitrogen and oxygen atoms in total. The summed E-state index contributed by atoms with van der Waals surface area (Å²) in [6.07, 6.45) is 6.45. The molecule has 2 aliphatic carbocycles. The lowest BCUT2D eigenvalue weighted by atomic mass is 10.00. The van der Waals surface area contributed by atoms with Gasteiger partial charge in [0.1, 0.15) is 0 Å². The van der Waals surface area contributed by atoms with E-state index in [0.717, 1.165) is 37.4 Å². The molecule has 1 heterocycles. The highest BCUT2D eigenvalue weighted by atomic mass is 16.3. The van der Waals surface area contributed by atoms with Gasteiger partial charge in [0.25, 0.3) is 0 Å². The van der Waals surface area contributed by atoms with Crippen molar-refractivity contribution >= 4 is 0 Å². The highest BCUT2D eigenvalue weighted by Gasteiger charge is 2.42. The molecule has 0 aromatic rings. The van der Waals surface area contributed by atoms with Crippen molar-refractivity contribution in [3.63, 3.8) is 0 Å². The molecular weight excluding hydrogens is 224 g/mol. The molecule has 3 fully saturated rings. The van der Waals surface area contributed by atoms with Crippen LogP contribution in [0, 0.1) is 17.8 Å². The van der Waals surface area contributed by atoms with E-state index in [1.807, 2.05) is 0 Å². The van der Waals surface area contributed by atoms with Crippen LogP contribution < -0.4 is 5.32 Å². The number of fused-ring (bicyclic) bond motifs is 1. The SMILES string of the molecule is CCNC1CCCC1CN1CC2CCC(O)C2C1. The van der Waals surface area contributed by atoms with Gasteiger partial charge < -0.3 is 15.3 Å². The van der Waals surface area contributed by atoms with Crippen molar-refractivity contribution in [3.05, 3.63) is 0 Å². The zero-order valence-electron chi connectivity index (χ0n) is 11.6. The molecule has 1 aliphatic heterocycles. The van der Waals surface area contributed by atoms with Gasteiger partial charge in [-0.15, -0.1) is 0 Å². The fraction of sp³-hybridized carbons (Fsp3) is 1.00. The van der Waals surface area contributed by atoms with Crippen LogP contribution in [0.4, 0.5) is 0 Å². The third-order valence-electron chi connectivity index (χ3n) is 5.51. The Hall–Kier alpha value is -0.120. The summed E-state index contributed by atoms with van der Waals surface area (Å²) in [6, 6.07) is 0.750. The fourth-order valence-corrected chi connectivity index (χ4v) is 4.60. The first kappa shape index (κ1) is 12.9. The van der Waals surface area contributed by atoms with Crippen LogP contribution in [0.25, 0.3) is 0 Å². The van der Waals surface area contributed by atoms with Crippen molar-refractivity contribution in [1.29, 1.82) is 0 Å². The molecule has 3 rings (SSSR count). The van der Waals surface area contributed by atoms with Crippen LogP contribution >= 0.6 is 0 Å². The smallest absolute Gasteiger partial charge is 0.0583 e. The first-order valence-corrected chi connectivity index (χ1v) is 7.91. The maximum atomic E-state index is 9.98. The molecule has 5 unspecified atom stereocenters. The van der Waals surface area contributed by atoms with Gasteiger partial charge in [-0.25, -0.2) is 0 Å². The van der Waals surface area contributed by atoms with Crippen LogP contribution in [-0.4, -0.2) is 48.3 Å². The van der Waals surface area contributed by atoms with E-state index >= 15 is 0 Å². The second kappa shape index (κ2) is 5.48. The van der Waals surface area contributed by atoms with Crippen LogP contribution in [0.2, 0.25) is 0 Å². The summed E-state index contributed by atoms with van der Waals surface area (Å²) in [5.41, 5.74) is 0. The quantitative estimate of drug-likeness (QED) is 0.795. The van der Waals surface area contributed by atoms with Crippen LogP contribution in [-0.2, 0) is 0 Å². The maximum Gasteiger partial charge on any atom is 0.0583 e. The van der Waals surface area contributed by atoms with Gasteiger partial charge in [-0.1, -0.05) is 13.3 Å². The number of aliphatic hydroxyl groups is 1. The van der Waals surface area contributed by atoms with Gasteiger partial charge in [0, 0.05) is 31.6 Å². The van der Waals surface area contributed by atoms with E-state index < -0.39 is 0 Å². The summed E-state index contributed by atoms with van der Waals surface area (Å²) in [4.78, 5) is 2.64. The van der Waals surface area contributed by atoms with Crippen molar-refractivity contribution < 1.29 is 5.11 Å². The molecule has 0 bridgehead atoms. The molecule has 0 radical (unpaired) electrons. The number of likely N-dealkylation sites (tertiary alicyclic amines) is 1. The van der Waals surface area contributed by atoms with E-state index in [-0.39, 0.29) is 6.10 Å². The number of aliphatic hydroxyl groups excluding tert-OH is 1. The fourth-order valence-electron chi connectivity index (χ4n) is 4.60. The Labute approximate surface area is 111 Å². The second-order valence-electron chi connectivity index (χ2n) is 6.64. The molecule has 1 saturated heterocycles. The predicted octanol–water partition coefficient (Wildman–Crippen LogP) is 1.47. The van der Waals surface area contributed by atoms with E-state index in [1.54, 1.807) is 0 Å². The highest BCUT2D eigenvalue weighted by Crippen LogP contribution is 2.39. The van der Waals surface area contributed by atoms with E-state index in [4.69, 9.17) is 0 Å². The minimum atomic E-state index is -0.00635. The summed E-state index contributed by atoms with van der Waals surface area (Å²) in [6.45, 7) is 6.98. The predicted molar refractivity (Wildman–Crippen MR) is 73.5 cm³/mol. The lowest BCUT2D eigenvalue weighted by molar-refractivity contribution is 0.121. The monoisotopic (exact) mass is 252 g/mol. The minimum Gasteiger partial charge on any atom is -0.393 e. The lowest BCUT2D eigenvalue weighted by Gasteiger charge is -2.26. The number of nitrogens with one attached hydrogen (secondary N) is 1. The zero-order valence-corrected chi connectivity index (χ0v) is 11.6. The molecule has 5 atom stereocenters. The van der Waals surface area contributed by atoms with Gasteiger partial charge in [-0.3, -0.25) is 0 Å². The maximum absolute atomic E-state index is 9.98. The summed E-state index contributed by atoms with van der Waals surface area (Å²) in [7, 11) is 0. The molecule has 3 aliphatic rings. The largest absolute Gasteiger partial charge is 0.393 e. The standard InChI is InChI=1S/C15H28N2O/c1-2-16-14-5-3-4-12(14)9-17-8-11-6-7-15(18)13(11)10-17/h11-16,18H,2-10H2,1H3. The number of nitrogens with zero attached hydrogens (tertiary/aromatic N) is 1. The molecule has 0 aromatic heterocycles. The van der Waals surface area contributed by atoms with Gasteiger partial charge in [0.05, 0.1) is 6.10 Å². The van der Waals surface area contributed by atoms with Crippen LogP contribution in [0.1, 0.15) is 39.0 Å². The van der Waals surface area contributed by atoms with Crippen LogP contribution in [0.3, 0.4) is 0 Å². The van der Waals surface area contributed by atoms with E-state index in [0.29, 0.717) is 5.92 Å². The van der Waals surface area contributed by atoms with E-state index in [9.17, 15) is 5.11 Å². The van der Waals surface area contributed by atoms with Crippen molar-refractivity contribution in [2.45, 2.75) is 51.2 Å². The molecular formula is C15H28N2O. The molecule has 18 heavy (non-hydrogen) atoms. The van der Waals surface area contributed by atoms with Crippen molar-refractivity contribution in [3.8, 4) is 0 Å². The molecule has 104 valence electrons. The zero-order chi connectivity index (χ0) is 12.5. The van der Waals surface area contributed by atoms with Gasteiger partial charge in [0.15, 0.2) is 0 Å². The normalized spacial score (nSPS) is 44.7. The Morgan fingerprint density at radius 1 is 1.17 bits per heavy atom. The van der Waals surface area contributed by atoms with E-state index in [2.05, 4.69) is 17.1 Å². The van der Waals surface area contributed by atoms with Crippen LogP contribution in [0.5, 0.6) is 0 Å². The molecule has 2 saturated carbocycles. The van der Waals surface area contributed by atoms with Gasteiger partial charge in [-0.2, -0.15) is 0 Å². The molecule has 0 aromatic carbocycles. The Morgan fingerprint density at radius 3 is 2.83 bits per heavy atom. The number of hydrogen-bond acceptors (Lipinski definition) is 3. The van der Waals surface area contributed by atoms with Gasteiger partial charge in [0.2, 0.25) is 0 Å². The Morgan fingerprint density at radius 2 is 2.06 bits per heavy atom. The van der Waals surface area contributed by atoms with Crippen LogP contribution in [0.15, 0.2) is 0 Å². The Kier molecular flexibility index (Phi) is 3.92. The first-order valence-electron chi connectivity index (χ1n) is 7.91. The van der Waals surface area contributed by atoms with Gasteiger partial charge in [-0.05, 0) is 44.1 Å². The molecule has 2 N–H and O–H groups in total. The summed E-state index contributed by atoms with van der Waals surface area (Å²) < 4.78 is 0.